The van der Waals surface area contributed by atoms with E-state index >= 15 is 0 Å². The minimum Gasteiger partial charge on any atom is -0.192 e. The molecule has 0 amide bonds. The first kappa shape index (κ1) is 26.1. The molecule has 1 unspecified atom stereocenters. The molecule has 10 heteroatoms. The van der Waals surface area contributed by atoms with Crippen LogP contribution in [0.15, 0.2) is 96.6 Å². The zero-order valence-corrected chi connectivity index (χ0v) is 19.3. The van der Waals surface area contributed by atoms with Gasteiger partial charge in [0.2, 0.25) is 0 Å². The van der Waals surface area contributed by atoms with Crippen LogP contribution >= 0.6 is 17.0 Å². The van der Waals surface area contributed by atoms with Gasteiger partial charge in [-0.15, -0.1) is 0 Å². The van der Waals surface area contributed by atoms with Crippen LogP contribution in [0.5, 0.6) is 0 Å². The van der Waals surface area contributed by atoms with Crippen molar-refractivity contribution in [3.63, 3.8) is 0 Å². The van der Waals surface area contributed by atoms with Crippen molar-refractivity contribution in [1.82, 2.24) is 0 Å². The monoisotopic (exact) mass is 498 g/mol. The van der Waals surface area contributed by atoms with Crippen molar-refractivity contribution in [2.75, 3.05) is 0 Å². The summed E-state index contributed by atoms with van der Waals surface area (Å²) in [7, 11) is -8.85. The van der Waals surface area contributed by atoms with Gasteiger partial charge in [-0.2, -0.15) is 10.5 Å². The molecule has 0 saturated heterocycles. The molecule has 1 atom stereocenters. The van der Waals surface area contributed by atoms with Crippen LogP contribution in [0.1, 0.15) is 16.7 Å². The average Bonchev–Trinajstić information content (AvgIpc) is 2.76. The van der Waals surface area contributed by atoms with Crippen LogP contribution in [-0.4, -0.2) is 0 Å². The molecule has 0 aliphatic carbocycles. The van der Waals surface area contributed by atoms with E-state index in [0.29, 0.717) is 0 Å². The maximum atomic E-state index is 9.87. The first-order valence-electron chi connectivity index (χ1n) is 9.30. The van der Waals surface area contributed by atoms with Crippen LogP contribution < -0.4 is 0 Å². The predicted octanol–water partition coefficient (Wildman–Crippen LogP) is 8.42. The fourth-order valence-corrected chi connectivity index (χ4v) is 4.10. The van der Waals surface area contributed by atoms with Gasteiger partial charge < -0.3 is 0 Å². The van der Waals surface area contributed by atoms with Gasteiger partial charge in [0.15, 0.2) is 0 Å². The van der Waals surface area contributed by atoms with E-state index in [0.717, 1.165) is 22.3 Å². The molecule has 172 valence electrons. The van der Waals surface area contributed by atoms with Crippen molar-refractivity contribution in [2.45, 2.75) is 5.16 Å². The molecule has 0 spiro atoms. The molecule has 0 radical (unpaired) electrons. The Morgan fingerprint density at radius 1 is 0.636 bits per heavy atom. The van der Waals surface area contributed by atoms with Crippen molar-refractivity contribution in [3.8, 4) is 12.1 Å². The minimum absolute atomic E-state index is 0.138. The summed E-state index contributed by atoms with van der Waals surface area (Å²) >= 11 is 0. The molecule has 0 aromatic heterocycles. The van der Waals surface area contributed by atoms with E-state index in [9.17, 15) is 35.7 Å². The van der Waals surface area contributed by atoms with Gasteiger partial charge in [-0.25, -0.2) is 0 Å². The van der Waals surface area contributed by atoms with E-state index in [1.54, 1.807) is 9.24 Å². The van der Waals surface area contributed by atoms with Crippen LogP contribution in [0, 0.1) is 22.7 Å². The molecule has 3 rings (SSSR count). The minimum atomic E-state index is -10.7. The SMILES string of the molecule is F[P-](F)(F)(F)(F)F.N#CC(C#N)=C(c1ccccc1)C([PH3+])(c1ccccc1)c1ccccc1. The van der Waals surface area contributed by atoms with E-state index in [1.807, 2.05) is 66.7 Å². The average molecular weight is 498 g/mol. The summed E-state index contributed by atoms with van der Waals surface area (Å²) < 4.78 is 59.2. The Kier molecular flexibility index (Phi) is 7.10. The number of allylic oxidation sites excluding steroid dienone is 2. The molecule has 0 aliphatic rings. The summed E-state index contributed by atoms with van der Waals surface area (Å²) in [5.74, 6) is 0. The van der Waals surface area contributed by atoms with Crippen LogP contribution in [-0.2, 0) is 5.16 Å². The Labute approximate surface area is 189 Å². The van der Waals surface area contributed by atoms with E-state index in [4.69, 9.17) is 0 Å². The smallest absolute Gasteiger partial charge is 0.150 e. The molecule has 0 heterocycles. The maximum absolute atomic E-state index is 10.7. The molecule has 3 aromatic carbocycles. The number of benzene rings is 3. The predicted molar refractivity (Wildman–Crippen MR) is 123 cm³/mol. The van der Waals surface area contributed by atoms with Crippen LogP contribution in [0.25, 0.3) is 5.57 Å². The Hall–Kier alpha value is -3.18. The summed E-state index contributed by atoms with van der Waals surface area (Å²) in [6, 6.07) is 34.0. The Bertz CT molecular complexity index is 1150. The fourth-order valence-electron chi connectivity index (χ4n) is 3.25. The second kappa shape index (κ2) is 8.99. The quantitative estimate of drug-likeness (QED) is 0.206. The maximum Gasteiger partial charge on any atom is 0.150 e. The molecule has 0 fully saturated rings. The molecule has 0 bridgehead atoms. The van der Waals surface area contributed by atoms with Crippen LogP contribution in [0.4, 0.5) is 25.2 Å². The number of rotatable bonds is 4. The van der Waals surface area contributed by atoms with Gasteiger partial charge in [-0.1, -0.05) is 91.0 Å². The summed E-state index contributed by atoms with van der Waals surface area (Å²) in [4.78, 5) is 0. The molecule has 33 heavy (non-hydrogen) atoms. The molecule has 3 aromatic rings. The van der Waals surface area contributed by atoms with Crippen molar-refractivity contribution < 1.29 is 25.2 Å². The van der Waals surface area contributed by atoms with Crippen molar-refractivity contribution in [1.29, 1.82) is 10.5 Å². The number of nitriles is 2. The second-order valence-corrected chi connectivity index (χ2v) is 9.91. The Morgan fingerprint density at radius 3 is 1.24 bits per heavy atom. The fraction of sp³-hybridized carbons (Fsp3) is 0.0435. The molecule has 0 saturated carbocycles. The molecule has 0 N–H and O–H groups in total. The van der Waals surface area contributed by atoms with Crippen molar-refractivity contribution in [2.24, 2.45) is 0 Å². The Balaban J connectivity index is 0.000000479. The van der Waals surface area contributed by atoms with Gasteiger partial charge in [0.25, 0.3) is 0 Å². The van der Waals surface area contributed by atoms with Gasteiger partial charge in [-0.3, -0.25) is 0 Å². The number of hydrogen-bond acceptors (Lipinski definition) is 2. The third-order valence-corrected chi connectivity index (χ3v) is 5.67. The van der Waals surface area contributed by atoms with Crippen molar-refractivity contribution in [3.05, 3.63) is 113 Å². The first-order valence-corrected chi connectivity index (χ1v) is 12.0. The summed E-state index contributed by atoms with van der Waals surface area (Å²) in [5.41, 5.74) is 3.85. The first-order chi connectivity index (χ1) is 15.2. The van der Waals surface area contributed by atoms with E-state index in [1.165, 1.54) is 0 Å². The summed E-state index contributed by atoms with van der Waals surface area (Å²) in [6.45, 7) is 0. The molecule has 2 nitrogen and oxygen atoms in total. The van der Waals surface area contributed by atoms with Gasteiger partial charge in [0.1, 0.15) is 22.9 Å². The summed E-state index contributed by atoms with van der Waals surface area (Å²) in [6.07, 6.45) is 0. The summed E-state index contributed by atoms with van der Waals surface area (Å²) in [5, 5.41) is 18.8. The number of hydrogen-bond donors (Lipinski definition) is 0. The zero-order chi connectivity index (χ0) is 24.8. The normalized spacial score (nSPS) is 13.2. The van der Waals surface area contributed by atoms with Gasteiger partial charge >= 0.3 is 33.0 Å². The van der Waals surface area contributed by atoms with E-state index in [2.05, 4.69) is 36.4 Å². The number of halogens is 6. The van der Waals surface area contributed by atoms with E-state index < -0.39 is 13.0 Å². The standard InChI is InChI=1S/C23H17N2P.F6P/c24-16-19(17-25)22(18-10-4-1-5-11-18)23(26,20-12-6-2-7-13-20)21-14-8-3-9-15-21;1-7(2,3,4,5)6/h1-15H,26H2;/q;-1/p+1. The van der Waals surface area contributed by atoms with Crippen LogP contribution in [0.3, 0.4) is 0 Å². The van der Waals surface area contributed by atoms with Crippen molar-refractivity contribution >= 4 is 22.6 Å². The van der Waals surface area contributed by atoms with Gasteiger partial charge in [-0.05, 0) is 14.8 Å². The third-order valence-electron chi connectivity index (χ3n) is 4.50. The molecular formula is C23H18F6N2P2. The number of nitrogens with zero attached hydrogens (tertiary/aromatic N) is 2. The van der Waals surface area contributed by atoms with E-state index in [-0.39, 0.29) is 5.57 Å². The third kappa shape index (κ3) is 8.03. The van der Waals surface area contributed by atoms with Gasteiger partial charge in [0, 0.05) is 16.7 Å². The van der Waals surface area contributed by atoms with Gasteiger partial charge in [0.05, 0.1) is 0 Å². The Morgan fingerprint density at radius 2 is 0.939 bits per heavy atom. The zero-order valence-electron chi connectivity index (χ0n) is 17.0. The molecular weight excluding hydrogens is 480 g/mol. The van der Waals surface area contributed by atoms with Crippen LogP contribution in [0.2, 0.25) is 0 Å². The second-order valence-electron chi connectivity index (χ2n) is 6.94. The largest absolute Gasteiger partial charge is 0.192 e. The molecule has 0 aliphatic heterocycles. The topological polar surface area (TPSA) is 47.6 Å².